The molecule has 2 aliphatic heterocycles. The van der Waals surface area contributed by atoms with Crippen molar-refractivity contribution < 1.29 is 9.59 Å². The maximum absolute atomic E-state index is 12.8. The second-order valence-electron chi connectivity index (χ2n) is 7.42. The van der Waals surface area contributed by atoms with Crippen LogP contribution in [0.1, 0.15) is 11.1 Å². The summed E-state index contributed by atoms with van der Waals surface area (Å²) in [6, 6.07) is 11.9. The van der Waals surface area contributed by atoms with Gasteiger partial charge in [0.25, 0.3) is 5.91 Å². The molecule has 2 aliphatic rings. The third kappa shape index (κ3) is 4.44. The maximum Gasteiger partial charge on any atom is 0.323 e. The summed E-state index contributed by atoms with van der Waals surface area (Å²) in [5.41, 5.74) is 3.95. The van der Waals surface area contributed by atoms with Crippen molar-refractivity contribution in [2.45, 2.75) is 19.0 Å². The van der Waals surface area contributed by atoms with Crippen LogP contribution in [0.15, 0.2) is 54.6 Å². The summed E-state index contributed by atoms with van der Waals surface area (Å²) in [7, 11) is 2.11. The van der Waals surface area contributed by atoms with Gasteiger partial charge in [0.15, 0.2) is 0 Å². The van der Waals surface area contributed by atoms with Crippen LogP contribution < -0.4 is 10.6 Å². The third-order valence-corrected chi connectivity index (χ3v) is 5.51. The molecule has 1 atom stereocenters. The first-order valence-electron chi connectivity index (χ1n) is 9.61. The lowest BCUT2D eigenvalue weighted by Crippen LogP contribution is -2.45. The summed E-state index contributed by atoms with van der Waals surface area (Å²) in [6.07, 6.45) is 4.55. The van der Waals surface area contributed by atoms with Gasteiger partial charge in [0.05, 0.1) is 0 Å². The van der Waals surface area contributed by atoms with Gasteiger partial charge in [-0.25, -0.2) is 4.79 Å². The Bertz CT molecular complexity index is 958. The van der Waals surface area contributed by atoms with Crippen LogP contribution in [-0.2, 0) is 17.8 Å². The van der Waals surface area contributed by atoms with Gasteiger partial charge in [-0.1, -0.05) is 29.8 Å². The highest BCUT2D eigenvalue weighted by Crippen LogP contribution is 2.23. The molecule has 2 heterocycles. The van der Waals surface area contributed by atoms with Crippen LogP contribution in [0.2, 0.25) is 5.02 Å². The van der Waals surface area contributed by atoms with E-state index < -0.39 is 6.04 Å². The first kappa shape index (κ1) is 19.5. The molecule has 0 bridgehead atoms. The van der Waals surface area contributed by atoms with E-state index in [2.05, 4.69) is 28.6 Å². The van der Waals surface area contributed by atoms with Gasteiger partial charge in [-0.05, 0) is 61.0 Å². The van der Waals surface area contributed by atoms with E-state index in [0.29, 0.717) is 17.3 Å². The van der Waals surface area contributed by atoms with E-state index in [9.17, 15) is 9.59 Å². The predicted molar refractivity (Wildman–Crippen MR) is 115 cm³/mol. The molecular formula is C22H23ClN4O2. The van der Waals surface area contributed by atoms with Crippen LogP contribution in [0.5, 0.6) is 0 Å². The number of halogens is 1. The smallest absolute Gasteiger partial charge is 0.323 e. The number of fused-ring (bicyclic) bond motifs is 1. The molecule has 3 amide bonds. The lowest BCUT2D eigenvalue weighted by atomic mass is 9.99. The molecule has 0 saturated carbocycles. The van der Waals surface area contributed by atoms with Crippen molar-refractivity contribution in [1.82, 2.24) is 9.80 Å². The zero-order valence-electron chi connectivity index (χ0n) is 16.2. The van der Waals surface area contributed by atoms with Crippen molar-refractivity contribution in [2.75, 3.05) is 30.8 Å². The Hall–Kier alpha value is -2.83. The molecule has 2 aromatic rings. The number of likely N-dealkylation sites (N-methyl/N-ethyl adjacent to an activating group) is 1. The number of nitrogens with one attached hydrogen (secondary N) is 2. The van der Waals surface area contributed by atoms with Crippen LogP contribution in [0.3, 0.4) is 0 Å². The molecule has 2 N–H and O–H groups in total. The van der Waals surface area contributed by atoms with Gasteiger partial charge in [-0.15, -0.1) is 0 Å². The number of carbonyl (C=O) groups is 2. The zero-order chi connectivity index (χ0) is 20.4. The van der Waals surface area contributed by atoms with Gasteiger partial charge < -0.3 is 20.4 Å². The molecule has 0 unspecified atom stereocenters. The van der Waals surface area contributed by atoms with Crippen LogP contribution in [0.4, 0.5) is 16.2 Å². The fourth-order valence-electron chi connectivity index (χ4n) is 3.68. The number of benzene rings is 2. The van der Waals surface area contributed by atoms with Gasteiger partial charge >= 0.3 is 6.03 Å². The molecule has 0 spiro atoms. The van der Waals surface area contributed by atoms with Crippen molar-refractivity contribution in [1.29, 1.82) is 0 Å². The largest absolute Gasteiger partial charge is 0.324 e. The first-order valence-corrected chi connectivity index (χ1v) is 9.98. The maximum atomic E-state index is 12.8. The Labute approximate surface area is 175 Å². The van der Waals surface area contributed by atoms with Crippen molar-refractivity contribution in [3.05, 3.63) is 70.8 Å². The van der Waals surface area contributed by atoms with Crippen LogP contribution >= 0.6 is 11.6 Å². The van der Waals surface area contributed by atoms with Crippen LogP contribution in [0.25, 0.3) is 0 Å². The molecule has 29 heavy (non-hydrogen) atoms. The lowest BCUT2D eigenvalue weighted by molar-refractivity contribution is -0.118. The highest BCUT2D eigenvalue weighted by molar-refractivity contribution is 6.30. The standard InChI is InChI=1S/C22H23ClN4O2/c1-26-12-10-15-13-19(7-4-16(15)14-26)24-21(28)20-3-2-11-27(20)22(29)25-18-8-5-17(23)6-9-18/h2-9,13,20H,10-12,14H2,1H3,(H,24,28)(H,25,29)/t20-/m1/s1. The summed E-state index contributed by atoms with van der Waals surface area (Å²) < 4.78 is 0. The molecule has 7 heteroatoms. The number of hydrogen-bond acceptors (Lipinski definition) is 3. The second-order valence-corrected chi connectivity index (χ2v) is 7.86. The highest BCUT2D eigenvalue weighted by atomic mass is 35.5. The van der Waals surface area contributed by atoms with Crippen molar-refractivity contribution in [3.63, 3.8) is 0 Å². The molecule has 2 aromatic carbocycles. The number of hydrogen-bond donors (Lipinski definition) is 2. The molecule has 150 valence electrons. The van der Waals surface area contributed by atoms with E-state index in [4.69, 9.17) is 11.6 Å². The van der Waals surface area contributed by atoms with Gasteiger partial charge in [0.1, 0.15) is 6.04 Å². The minimum Gasteiger partial charge on any atom is -0.324 e. The number of rotatable bonds is 3. The van der Waals surface area contributed by atoms with Gasteiger partial charge in [-0.3, -0.25) is 4.79 Å². The summed E-state index contributed by atoms with van der Waals surface area (Å²) in [6.45, 7) is 2.32. The van der Waals surface area contributed by atoms with Gasteiger partial charge in [-0.2, -0.15) is 0 Å². The average Bonchev–Trinajstić information content (AvgIpc) is 3.20. The van der Waals surface area contributed by atoms with Crippen LogP contribution in [-0.4, -0.2) is 47.9 Å². The highest BCUT2D eigenvalue weighted by Gasteiger charge is 2.30. The summed E-state index contributed by atoms with van der Waals surface area (Å²) in [5.74, 6) is -0.224. The predicted octanol–water partition coefficient (Wildman–Crippen LogP) is 3.74. The fraction of sp³-hybridized carbons (Fsp3) is 0.273. The molecule has 0 saturated heterocycles. The molecule has 0 radical (unpaired) electrons. The van der Waals surface area contributed by atoms with Crippen molar-refractivity contribution >= 4 is 34.9 Å². The normalized spacial score (nSPS) is 18.4. The van der Waals surface area contributed by atoms with E-state index in [-0.39, 0.29) is 11.9 Å². The Kier molecular flexibility index (Phi) is 5.56. The molecule has 6 nitrogen and oxygen atoms in total. The number of carbonyl (C=O) groups excluding carboxylic acids is 2. The van der Waals surface area contributed by atoms with Gasteiger partial charge in [0.2, 0.25) is 0 Å². The Morgan fingerprint density at radius 1 is 1.03 bits per heavy atom. The van der Waals surface area contributed by atoms with Crippen LogP contribution in [0, 0.1) is 0 Å². The third-order valence-electron chi connectivity index (χ3n) is 5.26. The van der Waals surface area contributed by atoms with Crippen molar-refractivity contribution in [3.8, 4) is 0 Å². The van der Waals surface area contributed by atoms with E-state index in [0.717, 1.165) is 25.2 Å². The fourth-order valence-corrected chi connectivity index (χ4v) is 3.80. The number of nitrogens with zero attached hydrogens (tertiary/aromatic N) is 2. The minimum absolute atomic E-state index is 0.224. The molecule has 0 aliphatic carbocycles. The molecule has 4 rings (SSSR count). The first-order chi connectivity index (χ1) is 14.0. The number of anilines is 2. The molecule has 0 aromatic heterocycles. The summed E-state index contributed by atoms with van der Waals surface area (Å²) >= 11 is 5.88. The van der Waals surface area contributed by atoms with Crippen molar-refractivity contribution in [2.24, 2.45) is 0 Å². The van der Waals surface area contributed by atoms with E-state index in [1.165, 1.54) is 16.0 Å². The number of urea groups is 1. The SMILES string of the molecule is CN1CCc2cc(NC(=O)[C@H]3C=CCN3C(=O)Nc3ccc(Cl)cc3)ccc2C1. The average molecular weight is 411 g/mol. The molecular weight excluding hydrogens is 388 g/mol. The summed E-state index contributed by atoms with van der Waals surface area (Å²) in [5, 5.41) is 6.36. The lowest BCUT2D eigenvalue weighted by Gasteiger charge is -2.26. The van der Waals surface area contributed by atoms with Gasteiger partial charge in [0, 0.05) is 36.0 Å². The Morgan fingerprint density at radius 3 is 2.59 bits per heavy atom. The topological polar surface area (TPSA) is 64.7 Å². The minimum atomic E-state index is -0.649. The van der Waals surface area contributed by atoms with E-state index in [1.54, 1.807) is 30.3 Å². The molecule has 0 fully saturated rings. The number of amides is 3. The van der Waals surface area contributed by atoms with E-state index in [1.807, 2.05) is 18.2 Å². The quantitative estimate of drug-likeness (QED) is 0.757. The second kappa shape index (κ2) is 8.27. The summed E-state index contributed by atoms with van der Waals surface area (Å²) in [4.78, 5) is 29.3. The monoisotopic (exact) mass is 410 g/mol. The Balaban J connectivity index is 1.41. The zero-order valence-corrected chi connectivity index (χ0v) is 16.9. The van der Waals surface area contributed by atoms with E-state index >= 15 is 0 Å². The Morgan fingerprint density at radius 2 is 1.79 bits per heavy atom.